The fraction of sp³-hybridized carbons (Fsp3) is 0. The van der Waals surface area contributed by atoms with Crippen LogP contribution in [0.1, 0.15) is 20.8 Å². The maximum absolute atomic E-state index is 10.7. The maximum atomic E-state index is 10.7. The van der Waals surface area contributed by atoms with Gasteiger partial charge < -0.3 is 0 Å². The highest BCUT2D eigenvalue weighted by Gasteiger charge is 2.03. The third-order valence-electron chi connectivity index (χ3n) is 2.02. The van der Waals surface area contributed by atoms with Gasteiger partial charge in [0.15, 0.2) is 12.6 Å². The van der Waals surface area contributed by atoms with Crippen LogP contribution >= 0.6 is 0 Å². The molecular formula is C11H7NO2. The van der Waals surface area contributed by atoms with Crippen molar-refractivity contribution in [1.82, 2.24) is 4.98 Å². The number of nitrogens with zero attached hydrogens (tertiary/aromatic N) is 1. The lowest BCUT2D eigenvalue weighted by atomic mass is 10.1. The molecule has 0 aliphatic heterocycles. The Morgan fingerprint density at radius 3 is 2.57 bits per heavy atom. The Hall–Kier alpha value is -2.03. The van der Waals surface area contributed by atoms with Gasteiger partial charge in [-0.15, -0.1) is 0 Å². The van der Waals surface area contributed by atoms with Gasteiger partial charge in [-0.05, 0) is 12.1 Å². The number of aldehydes is 2. The molecule has 0 radical (unpaired) electrons. The molecule has 0 bridgehead atoms. The van der Waals surface area contributed by atoms with Crippen LogP contribution in [-0.4, -0.2) is 17.6 Å². The molecule has 3 heteroatoms. The number of hydrogen-bond acceptors (Lipinski definition) is 3. The number of carbonyl (C=O) groups is 2. The number of carbonyl (C=O) groups excluding carboxylic acids is 2. The molecule has 0 aliphatic carbocycles. The minimum absolute atomic E-state index is 0.283. The molecule has 68 valence electrons. The molecule has 0 N–H and O–H groups in total. The molecule has 3 nitrogen and oxygen atoms in total. The summed E-state index contributed by atoms with van der Waals surface area (Å²) in [5.74, 6) is 0. The summed E-state index contributed by atoms with van der Waals surface area (Å²) in [6, 6.07) is 8.72. The van der Waals surface area contributed by atoms with Crippen LogP contribution in [0.25, 0.3) is 10.9 Å². The van der Waals surface area contributed by atoms with Crippen LogP contribution in [-0.2, 0) is 0 Å². The second kappa shape index (κ2) is 3.38. The largest absolute Gasteiger partial charge is 0.298 e. The summed E-state index contributed by atoms with van der Waals surface area (Å²) < 4.78 is 0. The molecule has 1 aromatic carbocycles. The number of hydrogen-bond donors (Lipinski definition) is 0. The molecule has 0 unspecified atom stereocenters. The maximum Gasteiger partial charge on any atom is 0.168 e. The van der Waals surface area contributed by atoms with E-state index in [1.165, 1.54) is 6.07 Å². The Morgan fingerprint density at radius 2 is 1.86 bits per heavy atom. The number of fused-ring (bicyclic) bond motifs is 1. The summed E-state index contributed by atoms with van der Waals surface area (Å²) in [5.41, 5.74) is 1.45. The number of benzene rings is 1. The molecule has 0 amide bonds. The van der Waals surface area contributed by atoms with Crippen LogP contribution in [0.5, 0.6) is 0 Å². The summed E-state index contributed by atoms with van der Waals surface area (Å²) in [7, 11) is 0. The van der Waals surface area contributed by atoms with E-state index < -0.39 is 0 Å². The molecule has 14 heavy (non-hydrogen) atoms. The first-order valence-electron chi connectivity index (χ1n) is 4.15. The van der Waals surface area contributed by atoms with E-state index in [9.17, 15) is 9.59 Å². The number of pyridine rings is 1. The number of para-hydroxylation sites is 1. The van der Waals surface area contributed by atoms with Crippen molar-refractivity contribution < 1.29 is 9.59 Å². The Labute approximate surface area is 80.4 Å². The average Bonchev–Trinajstić information content (AvgIpc) is 2.27. The van der Waals surface area contributed by atoms with Crippen molar-refractivity contribution in [2.75, 3.05) is 0 Å². The van der Waals surface area contributed by atoms with Crippen LogP contribution in [0.4, 0.5) is 0 Å². The first-order chi connectivity index (χ1) is 6.85. The van der Waals surface area contributed by atoms with E-state index in [-0.39, 0.29) is 5.69 Å². The van der Waals surface area contributed by atoms with Gasteiger partial charge in [0, 0.05) is 10.9 Å². The Bertz CT molecular complexity index is 506. The third-order valence-corrected chi connectivity index (χ3v) is 2.02. The third kappa shape index (κ3) is 1.29. The zero-order valence-corrected chi connectivity index (χ0v) is 7.31. The number of aromatic nitrogens is 1. The van der Waals surface area contributed by atoms with Gasteiger partial charge in [-0.25, -0.2) is 4.98 Å². The lowest BCUT2D eigenvalue weighted by molar-refractivity contribution is 0.111. The highest BCUT2D eigenvalue weighted by Crippen LogP contribution is 2.15. The van der Waals surface area contributed by atoms with Crippen LogP contribution in [0.3, 0.4) is 0 Å². The fourth-order valence-electron chi connectivity index (χ4n) is 1.38. The van der Waals surface area contributed by atoms with Crippen molar-refractivity contribution in [3.05, 3.63) is 41.6 Å². The first-order valence-corrected chi connectivity index (χ1v) is 4.15. The monoisotopic (exact) mass is 185 g/mol. The summed E-state index contributed by atoms with van der Waals surface area (Å²) in [5, 5.41) is 0.771. The minimum atomic E-state index is 0.283. The highest BCUT2D eigenvalue weighted by molar-refractivity contribution is 5.98. The molecule has 0 saturated carbocycles. The van der Waals surface area contributed by atoms with E-state index in [4.69, 9.17) is 0 Å². The molecule has 0 atom stereocenters. The zero-order valence-electron chi connectivity index (χ0n) is 7.31. The topological polar surface area (TPSA) is 47.0 Å². The van der Waals surface area contributed by atoms with Gasteiger partial charge in [0.2, 0.25) is 0 Å². The van der Waals surface area contributed by atoms with E-state index in [2.05, 4.69) is 4.98 Å². The SMILES string of the molecule is O=Cc1cc(C=O)c2ccccc2n1. The summed E-state index contributed by atoms with van der Waals surface area (Å²) in [6.45, 7) is 0. The van der Waals surface area contributed by atoms with Crippen molar-refractivity contribution in [3.63, 3.8) is 0 Å². The Kier molecular flexibility index (Phi) is 2.07. The van der Waals surface area contributed by atoms with E-state index in [1.807, 2.05) is 12.1 Å². The predicted molar refractivity (Wildman–Crippen MR) is 52.5 cm³/mol. The van der Waals surface area contributed by atoms with Gasteiger partial charge in [-0.1, -0.05) is 18.2 Å². The van der Waals surface area contributed by atoms with Crippen LogP contribution in [0.2, 0.25) is 0 Å². The molecule has 0 aliphatic rings. The molecule has 0 fully saturated rings. The normalized spacial score (nSPS) is 10.0. The first kappa shape index (κ1) is 8.56. The lowest BCUT2D eigenvalue weighted by Crippen LogP contribution is -1.92. The fourth-order valence-corrected chi connectivity index (χ4v) is 1.38. The van der Waals surface area contributed by atoms with Crippen molar-refractivity contribution in [2.24, 2.45) is 0 Å². The van der Waals surface area contributed by atoms with E-state index >= 15 is 0 Å². The summed E-state index contributed by atoms with van der Waals surface area (Å²) in [4.78, 5) is 25.4. The molecular weight excluding hydrogens is 178 g/mol. The summed E-state index contributed by atoms with van der Waals surface area (Å²) in [6.07, 6.45) is 1.37. The van der Waals surface area contributed by atoms with Crippen molar-refractivity contribution >= 4 is 23.5 Å². The van der Waals surface area contributed by atoms with E-state index in [1.54, 1.807) is 12.1 Å². The second-order valence-electron chi connectivity index (χ2n) is 2.89. The zero-order chi connectivity index (χ0) is 9.97. The van der Waals surface area contributed by atoms with Gasteiger partial charge in [-0.2, -0.15) is 0 Å². The van der Waals surface area contributed by atoms with E-state index in [0.29, 0.717) is 17.4 Å². The summed E-state index contributed by atoms with van der Waals surface area (Å²) >= 11 is 0. The molecule has 2 aromatic rings. The van der Waals surface area contributed by atoms with Crippen molar-refractivity contribution in [1.29, 1.82) is 0 Å². The predicted octanol–water partition coefficient (Wildman–Crippen LogP) is 1.86. The lowest BCUT2D eigenvalue weighted by Gasteiger charge is -2.00. The number of rotatable bonds is 2. The van der Waals surface area contributed by atoms with Gasteiger partial charge >= 0.3 is 0 Å². The molecule has 1 aromatic heterocycles. The Balaban J connectivity index is 2.86. The average molecular weight is 185 g/mol. The molecule has 2 rings (SSSR count). The van der Waals surface area contributed by atoms with Gasteiger partial charge in [0.25, 0.3) is 0 Å². The standard InChI is InChI=1S/C11H7NO2/c13-6-8-5-9(7-14)12-11-4-2-1-3-10(8)11/h1-7H. The molecule has 0 saturated heterocycles. The van der Waals surface area contributed by atoms with Gasteiger partial charge in [-0.3, -0.25) is 9.59 Å². The van der Waals surface area contributed by atoms with Crippen molar-refractivity contribution in [3.8, 4) is 0 Å². The molecule has 1 heterocycles. The van der Waals surface area contributed by atoms with Crippen LogP contribution in [0, 0.1) is 0 Å². The van der Waals surface area contributed by atoms with Gasteiger partial charge in [0.1, 0.15) is 5.69 Å². The van der Waals surface area contributed by atoms with Crippen molar-refractivity contribution in [2.45, 2.75) is 0 Å². The van der Waals surface area contributed by atoms with Crippen LogP contribution in [0.15, 0.2) is 30.3 Å². The quantitative estimate of drug-likeness (QED) is 0.671. The highest BCUT2D eigenvalue weighted by atomic mass is 16.1. The van der Waals surface area contributed by atoms with E-state index in [0.717, 1.165) is 11.7 Å². The smallest absolute Gasteiger partial charge is 0.168 e. The van der Waals surface area contributed by atoms with Crippen LogP contribution < -0.4 is 0 Å². The second-order valence-corrected chi connectivity index (χ2v) is 2.89. The Morgan fingerprint density at radius 1 is 1.07 bits per heavy atom. The van der Waals surface area contributed by atoms with Gasteiger partial charge in [0.05, 0.1) is 5.52 Å². The minimum Gasteiger partial charge on any atom is -0.298 e. The molecule has 0 spiro atoms.